The maximum Gasteiger partial charge on any atom is 0.305 e. The Morgan fingerprint density at radius 2 is 0.795 bits per heavy atom. The molecule has 0 aromatic heterocycles. The van der Waals surface area contributed by atoms with Crippen molar-refractivity contribution in [2.24, 2.45) is 0 Å². The summed E-state index contributed by atoms with van der Waals surface area (Å²) in [5.41, 5.74) is 0. The fourth-order valence-corrected chi connectivity index (χ4v) is 3.51. The molecule has 0 bridgehead atoms. The van der Waals surface area contributed by atoms with Gasteiger partial charge in [0.15, 0.2) is 0 Å². The van der Waals surface area contributed by atoms with Gasteiger partial charge in [0.2, 0.25) is 0 Å². The van der Waals surface area contributed by atoms with E-state index in [1.54, 1.807) is 27.7 Å². The molecule has 0 aliphatic carbocycles. The van der Waals surface area contributed by atoms with Gasteiger partial charge in [-0.15, -0.1) is 0 Å². The van der Waals surface area contributed by atoms with Crippen LogP contribution in [0.2, 0.25) is 0 Å². The lowest BCUT2D eigenvalue weighted by Crippen LogP contribution is -2.53. The molecule has 0 radical (unpaired) electrons. The van der Waals surface area contributed by atoms with Gasteiger partial charge in [0.05, 0.1) is 24.2 Å². The maximum atomic E-state index is 11.8. The summed E-state index contributed by atoms with van der Waals surface area (Å²) in [7, 11) is 0. The van der Waals surface area contributed by atoms with Crippen LogP contribution in [0.25, 0.3) is 0 Å². The van der Waals surface area contributed by atoms with Crippen LogP contribution < -0.4 is 26.6 Å². The van der Waals surface area contributed by atoms with Crippen molar-refractivity contribution in [2.45, 2.75) is 77.5 Å². The van der Waals surface area contributed by atoms with Crippen molar-refractivity contribution in [1.82, 2.24) is 26.6 Å². The second-order valence-electron chi connectivity index (χ2n) is 9.32. The SMILES string of the molecule is CCC(=O)OC[C@@H]1CNCCN[C@H](COC(=O)CC)CN[C@H](COC(=O)CC)CN[C@H](COC(=O)CC)CN1. The summed E-state index contributed by atoms with van der Waals surface area (Å²) in [5.74, 6) is -1.16. The van der Waals surface area contributed by atoms with Crippen molar-refractivity contribution in [1.29, 1.82) is 0 Å². The van der Waals surface area contributed by atoms with Crippen LogP contribution in [0.15, 0.2) is 0 Å². The van der Waals surface area contributed by atoms with Crippen molar-refractivity contribution in [3.05, 3.63) is 0 Å². The molecule has 0 spiro atoms. The van der Waals surface area contributed by atoms with Crippen molar-refractivity contribution in [3.63, 3.8) is 0 Å². The van der Waals surface area contributed by atoms with E-state index in [4.69, 9.17) is 18.9 Å². The first-order valence-corrected chi connectivity index (χ1v) is 14.1. The first kappa shape index (κ1) is 34.7. The summed E-state index contributed by atoms with van der Waals surface area (Å²) < 4.78 is 21.5. The summed E-state index contributed by atoms with van der Waals surface area (Å²) >= 11 is 0. The Bertz CT molecular complexity index is 668. The standard InChI is InChI=1S/C26H49N5O8/c1-5-23(32)36-15-19-11-27-9-10-28-20(16-37-24(33)6-2)12-30-22(18-39-26(35)8-4)14-31-21(13-29-19)17-38-25(34)7-3/h19-22,27-31H,5-18H2,1-4H3/t19-,20-,21-,22-/m0/s1. The summed E-state index contributed by atoms with van der Waals surface area (Å²) in [5, 5.41) is 17.0. The third-order valence-corrected chi connectivity index (χ3v) is 6.02. The Balaban J connectivity index is 3.00. The molecule has 0 unspecified atom stereocenters. The molecule has 4 atom stereocenters. The average molecular weight is 560 g/mol. The van der Waals surface area contributed by atoms with E-state index < -0.39 is 0 Å². The van der Waals surface area contributed by atoms with Crippen LogP contribution in [-0.4, -0.2) is 114 Å². The molecule has 5 N–H and O–H groups in total. The Morgan fingerprint density at radius 1 is 0.487 bits per heavy atom. The van der Waals surface area contributed by atoms with Gasteiger partial charge in [-0.25, -0.2) is 0 Å². The number of hydrogen-bond donors (Lipinski definition) is 5. The van der Waals surface area contributed by atoms with Crippen LogP contribution in [0.1, 0.15) is 53.4 Å². The lowest BCUT2D eigenvalue weighted by molar-refractivity contribution is -0.145. The van der Waals surface area contributed by atoms with Gasteiger partial charge in [-0.2, -0.15) is 0 Å². The van der Waals surface area contributed by atoms with Gasteiger partial charge >= 0.3 is 23.9 Å². The quantitative estimate of drug-likeness (QED) is 0.150. The molecule has 1 saturated heterocycles. The Hall–Kier alpha value is -2.32. The molecule has 1 rings (SSSR count). The van der Waals surface area contributed by atoms with Crippen molar-refractivity contribution in [2.75, 3.05) is 65.7 Å². The lowest BCUT2D eigenvalue weighted by Gasteiger charge is -2.27. The van der Waals surface area contributed by atoms with Crippen LogP contribution in [-0.2, 0) is 38.1 Å². The number of rotatable bonds is 12. The minimum Gasteiger partial charge on any atom is -0.464 e. The van der Waals surface area contributed by atoms with Gasteiger partial charge in [-0.05, 0) is 0 Å². The van der Waals surface area contributed by atoms with Crippen LogP contribution in [0, 0.1) is 0 Å². The third-order valence-electron chi connectivity index (χ3n) is 6.02. The van der Waals surface area contributed by atoms with Crippen LogP contribution in [0.4, 0.5) is 0 Å². The molecule has 1 aliphatic rings. The molecule has 0 amide bonds. The summed E-state index contributed by atoms with van der Waals surface area (Å²) in [6, 6.07) is -0.837. The highest BCUT2D eigenvalue weighted by Crippen LogP contribution is 1.98. The van der Waals surface area contributed by atoms with E-state index in [0.29, 0.717) is 52.1 Å². The molecular formula is C26H49N5O8. The summed E-state index contributed by atoms with van der Waals surface area (Å²) in [6.07, 6.45) is 1.13. The second kappa shape index (κ2) is 21.5. The number of hydrogen-bond acceptors (Lipinski definition) is 13. The Kier molecular flexibility index (Phi) is 19.1. The lowest BCUT2D eigenvalue weighted by atomic mass is 10.2. The number of esters is 4. The van der Waals surface area contributed by atoms with Gasteiger partial charge in [0.25, 0.3) is 0 Å². The zero-order chi connectivity index (χ0) is 28.9. The van der Waals surface area contributed by atoms with Crippen molar-refractivity contribution >= 4 is 23.9 Å². The molecule has 0 saturated carbocycles. The van der Waals surface area contributed by atoms with Gasteiger partial charge in [-0.1, -0.05) is 27.7 Å². The van der Waals surface area contributed by atoms with Crippen LogP contribution >= 0.6 is 0 Å². The van der Waals surface area contributed by atoms with Gasteiger partial charge in [0, 0.05) is 65.0 Å². The van der Waals surface area contributed by atoms with Crippen LogP contribution in [0.3, 0.4) is 0 Å². The minimum atomic E-state index is -0.301. The van der Waals surface area contributed by atoms with Crippen molar-refractivity contribution in [3.8, 4) is 0 Å². The molecule has 1 fully saturated rings. The van der Waals surface area contributed by atoms with Gasteiger partial charge in [0.1, 0.15) is 26.4 Å². The fraction of sp³-hybridized carbons (Fsp3) is 0.846. The van der Waals surface area contributed by atoms with Gasteiger partial charge < -0.3 is 45.5 Å². The monoisotopic (exact) mass is 559 g/mol. The van der Waals surface area contributed by atoms with E-state index in [2.05, 4.69) is 26.6 Å². The van der Waals surface area contributed by atoms with Crippen LogP contribution in [0.5, 0.6) is 0 Å². The molecule has 226 valence electrons. The third kappa shape index (κ3) is 17.1. The number of carbonyl (C=O) groups is 4. The zero-order valence-electron chi connectivity index (χ0n) is 24.0. The molecule has 13 nitrogen and oxygen atoms in total. The largest absolute Gasteiger partial charge is 0.464 e. The van der Waals surface area contributed by atoms with E-state index in [0.717, 1.165) is 0 Å². The van der Waals surface area contributed by atoms with E-state index in [1.165, 1.54) is 0 Å². The van der Waals surface area contributed by atoms with Gasteiger partial charge in [-0.3, -0.25) is 19.2 Å². The number of ether oxygens (including phenoxy) is 4. The number of carbonyl (C=O) groups excluding carboxylic acids is 4. The Morgan fingerprint density at radius 3 is 1.13 bits per heavy atom. The minimum absolute atomic E-state index is 0.146. The number of nitrogens with one attached hydrogen (secondary N) is 5. The molecule has 13 heteroatoms. The van der Waals surface area contributed by atoms with E-state index >= 15 is 0 Å². The zero-order valence-corrected chi connectivity index (χ0v) is 24.0. The summed E-state index contributed by atoms with van der Waals surface area (Å²) in [6.45, 7) is 10.8. The van der Waals surface area contributed by atoms with Crippen molar-refractivity contribution < 1.29 is 38.1 Å². The normalized spacial score (nSPS) is 23.5. The molecule has 0 aromatic carbocycles. The second-order valence-corrected chi connectivity index (χ2v) is 9.32. The average Bonchev–Trinajstić information content (AvgIpc) is 2.96. The molecule has 1 aliphatic heterocycles. The predicted molar refractivity (Wildman–Crippen MR) is 145 cm³/mol. The molecular weight excluding hydrogens is 510 g/mol. The highest BCUT2D eigenvalue weighted by molar-refractivity contribution is 5.69. The van der Waals surface area contributed by atoms with E-state index in [9.17, 15) is 19.2 Å². The van der Waals surface area contributed by atoms with E-state index in [1.807, 2.05) is 0 Å². The highest BCUT2D eigenvalue weighted by Gasteiger charge is 2.21. The fourth-order valence-electron chi connectivity index (χ4n) is 3.51. The first-order valence-electron chi connectivity index (χ1n) is 14.1. The first-order chi connectivity index (χ1) is 18.8. The van der Waals surface area contributed by atoms with E-state index in [-0.39, 0.29) is 87.3 Å². The topological polar surface area (TPSA) is 165 Å². The molecule has 39 heavy (non-hydrogen) atoms. The Labute approximate surface area is 232 Å². The maximum absolute atomic E-state index is 11.8. The smallest absolute Gasteiger partial charge is 0.305 e. The molecule has 0 aromatic rings. The molecule has 1 heterocycles. The predicted octanol–water partition coefficient (Wildman–Crippen LogP) is -0.765. The highest BCUT2D eigenvalue weighted by atomic mass is 16.5. The summed E-state index contributed by atoms with van der Waals surface area (Å²) in [4.78, 5) is 47.1.